The molecule has 0 saturated heterocycles. The molecule has 1 aromatic heterocycles. The summed E-state index contributed by atoms with van der Waals surface area (Å²) in [7, 11) is 2.05. The first kappa shape index (κ1) is 14.0. The summed E-state index contributed by atoms with van der Waals surface area (Å²) >= 11 is 6.80. The fourth-order valence-electron chi connectivity index (χ4n) is 1.94. The Bertz CT molecular complexity index is 604. The first-order valence-corrected chi connectivity index (χ1v) is 7.28. The number of benzene rings is 1. The van der Waals surface area contributed by atoms with Crippen molar-refractivity contribution in [2.24, 2.45) is 5.73 Å². The normalized spacial score (nSPS) is 10.5. The Hall–Kier alpha value is -1.46. The van der Waals surface area contributed by atoms with Gasteiger partial charge in [-0.2, -0.15) is 0 Å². The summed E-state index contributed by atoms with van der Waals surface area (Å²) in [5, 5.41) is 0. The molecule has 0 aliphatic carbocycles. The molecule has 2 N–H and O–H groups in total. The second kappa shape index (κ2) is 5.67. The highest BCUT2D eigenvalue weighted by Gasteiger charge is 2.12. The van der Waals surface area contributed by atoms with Gasteiger partial charge in [0.1, 0.15) is 4.99 Å². The maximum Gasteiger partial charge on any atom is 0.106 e. The third kappa shape index (κ3) is 3.11. The van der Waals surface area contributed by atoms with Crippen molar-refractivity contribution in [3.63, 3.8) is 0 Å². The maximum absolute atomic E-state index is 5.80. The van der Waals surface area contributed by atoms with E-state index in [1.165, 1.54) is 10.4 Å². The van der Waals surface area contributed by atoms with Crippen molar-refractivity contribution in [3.8, 4) is 0 Å². The predicted molar refractivity (Wildman–Crippen MR) is 86.0 cm³/mol. The number of thiazole rings is 1. The van der Waals surface area contributed by atoms with Gasteiger partial charge in [0.15, 0.2) is 0 Å². The third-order valence-electron chi connectivity index (χ3n) is 3.06. The van der Waals surface area contributed by atoms with Crippen molar-refractivity contribution in [2.75, 3.05) is 11.9 Å². The van der Waals surface area contributed by atoms with E-state index in [1.54, 1.807) is 11.3 Å². The number of aromatic nitrogens is 1. The number of nitrogens with zero attached hydrogens (tertiary/aromatic N) is 2. The van der Waals surface area contributed by atoms with E-state index in [-0.39, 0.29) is 0 Å². The van der Waals surface area contributed by atoms with E-state index >= 15 is 0 Å². The van der Waals surface area contributed by atoms with Crippen LogP contribution in [0.5, 0.6) is 0 Å². The molecule has 0 unspecified atom stereocenters. The van der Waals surface area contributed by atoms with Crippen LogP contribution in [0.1, 0.15) is 21.7 Å². The van der Waals surface area contributed by atoms with Gasteiger partial charge in [0.2, 0.25) is 0 Å². The lowest BCUT2D eigenvalue weighted by Gasteiger charge is -2.22. The molecule has 0 spiro atoms. The van der Waals surface area contributed by atoms with Crippen molar-refractivity contribution in [1.29, 1.82) is 0 Å². The third-order valence-corrected chi connectivity index (χ3v) is 4.20. The summed E-state index contributed by atoms with van der Waals surface area (Å²) in [6.45, 7) is 4.92. The summed E-state index contributed by atoms with van der Waals surface area (Å²) in [5.41, 5.74) is 12.0. The average molecular weight is 291 g/mol. The fourth-order valence-corrected chi connectivity index (χ4v) is 2.95. The van der Waals surface area contributed by atoms with Crippen LogP contribution in [0.15, 0.2) is 23.7 Å². The number of aryl methyl sites for hydroxylation is 2. The standard InChI is InChI=1S/C14H17N3S2/c1-9-4-5-11(14(15)18)12(6-9)17(3)7-13-10(2)16-8-19-13/h4-6,8H,7H2,1-3H3,(H2,15,18). The van der Waals surface area contributed by atoms with Gasteiger partial charge in [-0.1, -0.05) is 18.3 Å². The minimum Gasteiger partial charge on any atom is -0.389 e. The van der Waals surface area contributed by atoms with Crippen LogP contribution < -0.4 is 10.6 Å². The zero-order chi connectivity index (χ0) is 14.0. The van der Waals surface area contributed by atoms with Gasteiger partial charge in [-0.3, -0.25) is 0 Å². The second-order valence-electron chi connectivity index (χ2n) is 4.60. The van der Waals surface area contributed by atoms with Gasteiger partial charge in [-0.05, 0) is 31.5 Å². The lowest BCUT2D eigenvalue weighted by molar-refractivity contribution is 0.923. The van der Waals surface area contributed by atoms with Crippen LogP contribution in [0.25, 0.3) is 0 Å². The van der Waals surface area contributed by atoms with Crippen molar-refractivity contribution in [3.05, 3.63) is 45.4 Å². The summed E-state index contributed by atoms with van der Waals surface area (Å²) in [5.74, 6) is 0. The Morgan fingerprint density at radius 1 is 1.42 bits per heavy atom. The van der Waals surface area contributed by atoms with Crippen LogP contribution in [0, 0.1) is 13.8 Å². The number of anilines is 1. The van der Waals surface area contributed by atoms with Gasteiger partial charge in [0, 0.05) is 23.2 Å². The minimum absolute atomic E-state index is 0.433. The van der Waals surface area contributed by atoms with Crippen molar-refractivity contribution < 1.29 is 0 Å². The molecule has 0 aliphatic rings. The Balaban J connectivity index is 2.32. The van der Waals surface area contributed by atoms with Gasteiger partial charge in [-0.15, -0.1) is 11.3 Å². The van der Waals surface area contributed by atoms with Gasteiger partial charge in [0.05, 0.1) is 17.7 Å². The van der Waals surface area contributed by atoms with E-state index in [0.29, 0.717) is 4.99 Å². The summed E-state index contributed by atoms with van der Waals surface area (Å²) in [6.07, 6.45) is 0. The van der Waals surface area contributed by atoms with Crippen LogP contribution in [0.3, 0.4) is 0 Å². The highest BCUT2D eigenvalue weighted by atomic mass is 32.1. The van der Waals surface area contributed by atoms with Crippen molar-refractivity contribution >= 4 is 34.2 Å². The number of hydrogen-bond acceptors (Lipinski definition) is 4. The van der Waals surface area contributed by atoms with Gasteiger partial charge in [0.25, 0.3) is 0 Å². The Morgan fingerprint density at radius 2 is 2.16 bits per heavy atom. The van der Waals surface area contributed by atoms with Gasteiger partial charge >= 0.3 is 0 Å². The zero-order valence-electron chi connectivity index (χ0n) is 11.3. The molecule has 0 fully saturated rings. The van der Waals surface area contributed by atoms with E-state index in [2.05, 4.69) is 29.9 Å². The maximum atomic E-state index is 5.80. The number of rotatable bonds is 4. The molecule has 2 aromatic rings. The zero-order valence-corrected chi connectivity index (χ0v) is 12.9. The highest BCUT2D eigenvalue weighted by Crippen LogP contribution is 2.24. The molecule has 2 rings (SSSR count). The molecular formula is C14H17N3S2. The van der Waals surface area contributed by atoms with Crippen LogP contribution in [-0.2, 0) is 6.54 Å². The molecule has 3 nitrogen and oxygen atoms in total. The summed E-state index contributed by atoms with van der Waals surface area (Å²) < 4.78 is 0. The first-order valence-electron chi connectivity index (χ1n) is 5.99. The Kier molecular flexibility index (Phi) is 4.17. The smallest absolute Gasteiger partial charge is 0.106 e. The molecule has 100 valence electrons. The minimum atomic E-state index is 0.433. The molecule has 0 atom stereocenters. The summed E-state index contributed by atoms with van der Waals surface area (Å²) in [4.78, 5) is 8.14. The van der Waals surface area contributed by atoms with Crippen molar-refractivity contribution in [2.45, 2.75) is 20.4 Å². The highest BCUT2D eigenvalue weighted by molar-refractivity contribution is 7.80. The quantitative estimate of drug-likeness (QED) is 0.879. The van der Waals surface area contributed by atoms with Crippen LogP contribution >= 0.6 is 23.6 Å². The fraction of sp³-hybridized carbons (Fsp3) is 0.286. The van der Waals surface area contributed by atoms with Gasteiger partial charge in [-0.25, -0.2) is 4.98 Å². The molecule has 1 heterocycles. The molecule has 19 heavy (non-hydrogen) atoms. The average Bonchev–Trinajstić information content (AvgIpc) is 2.74. The number of thiocarbonyl (C=S) groups is 1. The van der Waals surface area contributed by atoms with E-state index < -0.39 is 0 Å². The molecule has 0 radical (unpaired) electrons. The molecule has 0 aliphatic heterocycles. The molecular weight excluding hydrogens is 274 g/mol. The van der Waals surface area contributed by atoms with E-state index in [1.807, 2.05) is 24.6 Å². The number of hydrogen-bond donors (Lipinski definition) is 1. The van der Waals surface area contributed by atoms with Crippen LogP contribution in [0.4, 0.5) is 5.69 Å². The van der Waals surface area contributed by atoms with E-state index in [4.69, 9.17) is 18.0 Å². The monoisotopic (exact) mass is 291 g/mol. The molecule has 0 amide bonds. The lowest BCUT2D eigenvalue weighted by atomic mass is 10.1. The topological polar surface area (TPSA) is 42.1 Å². The van der Waals surface area contributed by atoms with Crippen LogP contribution in [0.2, 0.25) is 0 Å². The summed E-state index contributed by atoms with van der Waals surface area (Å²) in [6, 6.07) is 6.14. The second-order valence-corrected chi connectivity index (χ2v) is 5.98. The van der Waals surface area contributed by atoms with E-state index in [9.17, 15) is 0 Å². The Morgan fingerprint density at radius 3 is 2.74 bits per heavy atom. The van der Waals surface area contributed by atoms with E-state index in [0.717, 1.165) is 23.5 Å². The molecule has 0 saturated carbocycles. The van der Waals surface area contributed by atoms with Crippen molar-refractivity contribution in [1.82, 2.24) is 4.98 Å². The SMILES string of the molecule is Cc1ccc(C(N)=S)c(N(C)Cc2scnc2C)c1. The molecule has 5 heteroatoms. The van der Waals surface area contributed by atoms with Gasteiger partial charge < -0.3 is 10.6 Å². The predicted octanol–water partition coefficient (Wildman–Crippen LogP) is 3.03. The Labute approximate surface area is 123 Å². The molecule has 0 bridgehead atoms. The number of nitrogens with two attached hydrogens (primary N) is 1. The van der Waals surface area contributed by atoms with Crippen LogP contribution in [-0.4, -0.2) is 17.0 Å². The first-order chi connectivity index (χ1) is 8.99. The largest absolute Gasteiger partial charge is 0.389 e. The molecule has 1 aromatic carbocycles. The lowest BCUT2D eigenvalue weighted by Crippen LogP contribution is -2.21.